The minimum atomic E-state index is -3.64. The van der Waals surface area contributed by atoms with E-state index < -0.39 is 16.1 Å². The van der Waals surface area contributed by atoms with Gasteiger partial charge >= 0.3 is 0 Å². The highest BCUT2D eigenvalue weighted by Crippen LogP contribution is 2.29. The molecular weight excluding hydrogens is 398 g/mol. The van der Waals surface area contributed by atoms with Gasteiger partial charge < -0.3 is 14.3 Å². The van der Waals surface area contributed by atoms with E-state index in [0.29, 0.717) is 28.9 Å². The summed E-state index contributed by atoms with van der Waals surface area (Å²) in [6, 6.07) is 13.3. The Morgan fingerprint density at radius 2 is 1.89 bits per heavy atom. The number of sulfonamides is 1. The summed E-state index contributed by atoms with van der Waals surface area (Å²) in [5.41, 5.74) is 0. The first kappa shape index (κ1) is 20.6. The van der Waals surface area contributed by atoms with Gasteiger partial charge in [-0.05, 0) is 54.4 Å². The molecule has 2 N–H and O–H groups in total. The van der Waals surface area contributed by atoms with E-state index in [1.807, 2.05) is 13.8 Å². The van der Waals surface area contributed by atoms with Gasteiger partial charge in [0, 0.05) is 16.3 Å². The molecule has 8 heteroatoms. The summed E-state index contributed by atoms with van der Waals surface area (Å²) in [6.07, 6.45) is 0.643. The minimum Gasteiger partial charge on any atom is -0.493 e. The van der Waals surface area contributed by atoms with E-state index in [9.17, 15) is 13.5 Å². The second kappa shape index (κ2) is 8.91. The van der Waals surface area contributed by atoms with Gasteiger partial charge in [-0.1, -0.05) is 13.8 Å². The molecule has 0 fully saturated rings. The molecule has 0 spiro atoms. The van der Waals surface area contributed by atoms with Crippen LogP contribution in [0, 0.1) is 5.92 Å². The number of ether oxygens (including phenoxy) is 1. The smallest absolute Gasteiger partial charge is 0.240 e. The molecule has 150 valence electrons. The standard InChI is InChI=1S/C20H23NO5S2/c1-14(2)13-26-15-5-8-17(9-6-15)28(23,24)21-12-16-7-10-19(27-16)20(22)18-4-3-11-25-18/h3-11,14,20-22H,12-13H2,1-2H3. The normalized spacial score (nSPS) is 13.0. The van der Waals surface area contributed by atoms with Crippen LogP contribution in [0.5, 0.6) is 5.75 Å². The Balaban J connectivity index is 1.60. The molecule has 0 saturated carbocycles. The van der Waals surface area contributed by atoms with Crippen LogP contribution in [0.3, 0.4) is 0 Å². The topological polar surface area (TPSA) is 88.8 Å². The van der Waals surface area contributed by atoms with Gasteiger partial charge in [0.25, 0.3) is 0 Å². The van der Waals surface area contributed by atoms with Crippen LogP contribution in [-0.4, -0.2) is 20.1 Å². The van der Waals surface area contributed by atoms with Crippen LogP contribution in [0.25, 0.3) is 0 Å². The van der Waals surface area contributed by atoms with Crippen molar-refractivity contribution < 1.29 is 22.7 Å². The largest absolute Gasteiger partial charge is 0.493 e. The van der Waals surface area contributed by atoms with E-state index in [4.69, 9.17) is 9.15 Å². The van der Waals surface area contributed by atoms with E-state index >= 15 is 0 Å². The molecule has 0 bridgehead atoms. The van der Waals surface area contributed by atoms with E-state index in [0.717, 1.165) is 4.88 Å². The molecule has 3 aromatic rings. The Bertz CT molecular complexity index is 976. The van der Waals surface area contributed by atoms with Gasteiger partial charge in [0.15, 0.2) is 0 Å². The fraction of sp³-hybridized carbons (Fsp3) is 0.300. The number of hydrogen-bond acceptors (Lipinski definition) is 6. The molecule has 0 radical (unpaired) electrons. The Labute approximate surface area is 168 Å². The molecule has 2 heterocycles. The molecule has 0 aliphatic rings. The zero-order valence-corrected chi connectivity index (χ0v) is 17.3. The van der Waals surface area contributed by atoms with Crippen molar-refractivity contribution >= 4 is 21.4 Å². The lowest BCUT2D eigenvalue weighted by Crippen LogP contribution is -2.22. The van der Waals surface area contributed by atoms with Gasteiger partial charge in [-0.25, -0.2) is 13.1 Å². The van der Waals surface area contributed by atoms with Gasteiger partial charge in [-0.2, -0.15) is 0 Å². The quantitative estimate of drug-likeness (QED) is 0.546. The summed E-state index contributed by atoms with van der Waals surface area (Å²) in [4.78, 5) is 1.66. The molecule has 28 heavy (non-hydrogen) atoms. The SMILES string of the molecule is CC(C)COc1ccc(S(=O)(=O)NCc2ccc(C(O)c3ccco3)s2)cc1. The molecule has 2 aromatic heterocycles. The van der Waals surface area contributed by atoms with E-state index in [1.54, 1.807) is 36.4 Å². The van der Waals surface area contributed by atoms with Crippen LogP contribution in [0.15, 0.2) is 64.1 Å². The molecule has 1 atom stereocenters. The summed E-state index contributed by atoms with van der Waals surface area (Å²) in [5.74, 6) is 1.49. The maximum atomic E-state index is 12.5. The highest BCUT2D eigenvalue weighted by molar-refractivity contribution is 7.89. The van der Waals surface area contributed by atoms with Crippen molar-refractivity contribution in [3.8, 4) is 5.75 Å². The Morgan fingerprint density at radius 3 is 2.54 bits per heavy atom. The van der Waals surface area contributed by atoms with Crippen molar-refractivity contribution in [1.82, 2.24) is 4.72 Å². The molecule has 0 amide bonds. The highest BCUT2D eigenvalue weighted by atomic mass is 32.2. The number of hydrogen-bond donors (Lipinski definition) is 2. The van der Waals surface area contributed by atoms with Crippen LogP contribution >= 0.6 is 11.3 Å². The van der Waals surface area contributed by atoms with E-state index in [2.05, 4.69) is 4.72 Å². The monoisotopic (exact) mass is 421 g/mol. The lowest BCUT2D eigenvalue weighted by atomic mass is 10.2. The second-order valence-corrected chi connectivity index (χ2v) is 9.69. The highest BCUT2D eigenvalue weighted by Gasteiger charge is 2.18. The van der Waals surface area contributed by atoms with Crippen LogP contribution < -0.4 is 9.46 Å². The number of nitrogens with one attached hydrogen (secondary N) is 1. The number of aliphatic hydroxyl groups is 1. The zero-order valence-electron chi connectivity index (χ0n) is 15.7. The van der Waals surface area contributed by atoms with E-state index in [-0.39, 0.29) is 11.4 Å². The Hall–Kier alpha value is -2.13. The lowest BCUT2D eigenvalue weighted by molar-refractivity contribution is 0.193. The molecule has 0 saturated heterocycles. The zero-order chi connectivity index (χ0) is 20.1. The number of rotatable bonds is 9. The number of thiophene rings is 1. The summed E-state index contributed by atoms with van der Waals surface area (Å²) < 4.78 is 38.4. The van der Waals surface area contributed by atoms with Crippen LogP contribution in [0.1, 0.15) is 35.5 Å². The minimum absolute atomic E-state index is 0.142. The van der Waals surface area contributed by atoms with Crippen molar-refractivity contribution in [2.75, 3.05) is 6.61 Å². The molecule has 0 aliphatic heterocycles. The number of aliphatic hydroxyl groups excluding tert-OH is 1. The Kier molecular flexibility index (Phi) is 6.56. The average Bonchev–Trinajstić information content (AvgIpc) is 3.36. The fourth-order valence-corrected chi connectivity index (χ4v) is 4.50. The van der Waals surface area contributed by atoms with Crippen molar-refractivity contribution in [2.45, 2.75) is 31.4 Å². The molecule has 0 aliphatic carbocycles. The Morgan fingerprint density at radius 1 is 1.14 bits per heavy atom. The van der Waals surface area contributed by atoms with Gasteiger partial charge in [0.1, 0.15) is 17.6 Å². The predicted octanol–water partition coefficient (Wildman–Crippen LogP) is 3.94. The molecule has 1 unspecified atom stereocenters. The maximum absolute atomic E-state index is 12.5. The van der Waals surface area contributed by atoms with Crippen molar-refractivity contribution in [3.63, 3.8) is 0 Å². The van der Waals surface area contributed by atoms with Crippen LogP contribution in [0.2, 0.25) is 0 Å². The first-order valence-corrected chi connectivity index (χ1v) is 11.2. The number of benzene rings is 1. The predicted molar refractivity (Wildman–Crippen MR) is 108 cm³/mol. The average molecular weight is 422 g/mol. The van der Waals surface area contributed by atoms with Crippen LogP contribution in [0.4, 0.5) is 0 Å². The van der Waals surface area contributed by atoms with Crippen LogP contribution in [-0.2, 0) is 16.6 Å². The first-order valence-electron chi connectivity index (χ1n) is 8.88. The third kappa shape index (κ3) is 5.23. The van der Waals surface area contributed by atoms with Gasteiger partial charge in [0.2, 0.25) is 10.0 Å². The molecule has 3 rings (SSSR count). The van der Waals surface area contributed by atoms with Crippen molar-refractivity contribution in [3.05, 3.63) is 70.3 Å². The maximum Gasteiger partial charge on any atom is 0.240 e. The first-order chi connectivity index (χ1) is 13.3. The third-order valence-corrected chi connectivity index (χ3v) is 6.47. The van der Waals surface area contributed by atoms with Crippen molar-refractivity contribution in [2.24, 2.45) is 5.92 Å². The summed E-state index contributed by atoms with van der Waals surface area (Å²) >= 11 is 1.33. The molecular formula is C20H23NO5S2. The number of furan rings is 1. The fourth-order valence-electron chi connectivity index (χ4n) is 2.45. The second-order valence-electron chi connectivity index (χ2n) is 6.72. The lowest BCUT2D eigenvalue weighted by Gasteiger charge is -2.10. The van der Waals surface area contributed by atoms with Crippen molar-refractivity contribution in [1.29, 1.82) is 0 Å². The summed E-state index contributed by atoms with van der Waals surface area (Å²) in [6.45, 7) is 4.82. The third-order valence-electron chi connectivity index (χ3n) is 3.92. The van der Waals surface area contributed by atoms with Gasteiger partial charge in [-0.3, -0.25) is 0 Å². The van der Waals surface area contributed by atoms with E-state index in [1.165, 1.54) is 29.7 Å². The summed E-state index contributed by atoms with van der Waals surface area (Å²) in [7, 11) is -3.64. The van der Waals surface area contributed by atoms with Gasteiger partial charge in [0.05, 0.1) is 17.8 Å². The molecule has 1 aromatic carbocycles. The summed E-state index contributed by atoms with van der Waals surface area (Å²) in [5, 5.41) is 10.3. The van der Waals surface area contributed by atoms with Gasteiger partial charge in [-0.15, -0.1) is 11.3 Å². The molecule has 6 nitrogen and oxygen atoms in total.